The second-order valence-corrected chi connectivity index (χ2v) is 6.07. The molecule has 0 bridgehead atoms. The third-order valence-electron chi connectivity index (χ3n) is 3.66. The first kappa shape index (κ1) is 17.9. The molecule has 1 atom stereocenters. The fourth-order valence-electron chi connectivity index (χ4n) is 2.42. The number of amides is 1. The van der Waals surface area contributed by atoms with Crippen LogP contribution in [0.3, 0.4) is 0 Å². The number of benzene rings is 1. The van der Waals surface area contributed by atoms with Gasteiger partial charge < -0.3 is 20.1 Å². The molecule has 1 heterocycles. The molecule has 0 radical (unpaired) electrons. The number of hydrogen-bond donors (Lipinski definition) is 2. The normalized spacial score (nSPS) is 19.4. The molecule has 0 spiro atoms. The van der Waals surface area contributed by atoms with E-state index < -0.39 is 66.7 Å². The standard InChI is InChI=1S/C17H20F6N2O3/c18-16(19,20)9-27-12-4-5-13(14(7-12)28-10-17(21,22)23)15(26)25-8-11-3-1-2-6-24-11/h4-5,7,11,24H,1-3,6,8-10H2,(H,25,26)/i4D,5D,7D. The van der Waals surface area contributed by atoms with Crippen molar-refractivity contribution < 1.29 is 44.7 Å². The average molecular weight is 417 g/mol. The van der Waals surface area contributed by atoms with Crippen LogP contribution in [0.15, 0.2) is 18.1 Å². The summed E-state index contributed by atoms with van der Waals surface area (Å²) in [6.07, 6.45) is -7.18. The van der Waals surface area contributed by atoms with Gasteiger partial charge in [-0.3, -0.25) is 4.79 Å². The van der Waals surface area contributed by atoms with Gasteiger partial charge in [-0.1, -0.05) is 6.42 Å². The maximum absolute atomic E-state index is 12.6. The zero-order valence-electron chi connectivity index (χ0n) is 17.5. The highest BCUT2D eigenvalue weighted by Crippen LogP contribution is 2.28. The molecule has 11 heteroatoms. The molecular formula is C17H20F6N2O3. The van der Waals surface area contributed by atoms with E-state index in [1.807, 2.05) is 0 Å². The number of nitrogens with one attached hydrogen (secondary N) is 2. The lowest BCUT2D eigenvalue weighted by molar-refractivity contribution is -0.153. The van der Waals surface area contributed by atoms with Gasteiger partial charge in [-0.05, 0) is 31.5 Å². The lowest BCUT2D eigenvalue weighted by Crippen LogP contribution is -2.43. The van der Waals surface area contributed by atoms with E-state index in [9.17, 15) is 31.1 Å². The number of rotatable bonds is 7. The van der Waals surface area contributed by atoms with Gasteiger partial charge in [0.15, 0.2) is 13.2 Å². The smallest absolute Gasteiger partial charge is 0.422 e. The second kappa shape index (κ2) is 9.35. The summed E-state index contributed by atoms with van der Waals surface area (Å²) < 4.78 is 108. The van der Waals surface area contributed by atoms with Crippen LogP contribution in [0.5, 0.6) is 11.5 Å². The first-order valence-electron chi connectivity index (χ1n) is 9.84. The highest BCUT2D eigenvalue weighted by Gasteiger charge is 2.31. The molecular weight excluding hydrogens is 394 g/mol. The van der Waals surface area contributed by atoms with Crippen molar-refractivity contribution in [3.8, 4) is 11.5 Å². The van der Waals surface area contributed by atoms with E-state index in [-0.39, 0.29) is 12.6 Å². The third kappa shape index (κ3) is 7.83. The van der Waals surface area contributed by atoms with E-state index in [1.54, 1.807) is 0 Å². The van der Waals surface area contributed by atoms with Gasteiger partial charge in [0.1, 0.15) is 11.5 Å². The van der Waals surface area contributed by atoms with Crippen molar-refractivity contribution in [2.24, 2.45) is 0 Å². The average Bonchev–Trinajstić information content (AvgIpc) is 2.67. The predicted molar refractivity (Wildman–Crippen MR) is 87.5 cm³/mol. The SMILES string of the molecule is [2H]c1c([2H])c(C(=O)NCC2CCCCN2)c(OCC(F)(F)F)c([2H])c1OCC(F)(F)F. The molecule has 1 unspecified atom stereocenters. The van der Waals surface area contributed by atoms with E-state index in [0.717, 1.165) is 19.3 Å². The van der Waals surface area contributed by atoms with Crippen LogP contribution in [0, 0.1) is 0 Å². The summed E-state index contributed by atoms with van der Waals surface area (Å²) in [5, 5.41) is 5.53. The minimum atomic E-state index is -4.89. The minimum Gasteiger partial charge on any atom is -0.484 e. The van der Waals surface area contributed by atoms with Crippen LogP contribution in [0.1, 0.15) is 33.7 Å². The van der Waals surface area contributed by atoms with E-state index in [0.29, 0.717) is 6.54 Å². The van der Waals surface area contributed by atoms with Crippen LogP contribution in [-0.2, 0) is 0 Å². The molecule has 1 aliphatic heterocycles. The van der Waals surface area contributed by atoms with Crippen molar-refractivity contribution in [1.29, 1.82) is 0 Å². The first-order chi connectivity index (χ1) is 14.3. The summed E-state index contributed by atoms with van der Waals surface area (Å²) in [7, 11) is 0. The first-order valence-corrected chi connectivity index (χ1v) is 8.34. The molecule has 2 rings (SSSR count). The largest absolute Gasteiger partial charge is 0.484 e. The molecule has 1 fully saturated rings. The highest BCUT2D eigenvalue weighted by molar-refractivity contribution is 5.97. The second-order valence-electron chi connectivity index (χ2n) is 6.07. The molecule has 0 aromatic heterocycles. The van der Waals surface area contributed by atoms with Crippen LogP contribution >= 0.6 is 0 Å². The van der Waals surface area contributed by atoms with Crippen molar-refractivity contribution in [3.63, 3.8) is 0 Å². The van der Waals surface area contributed by atoms with Gasteiger partial charge in [0, 0.05) is 18.6 Å². The van der Waals surface area contributed by atoms with Crippen LogP contribution in [0.4, 0.5) is 26.3 Å². The lowest BCUT2D eigenvalue weighted by Gasteiger charge is -2.24. The number of carbonyl (C=O) groups excluding carboxylic acids is 1. The third-order valence-corrected chi connectivity index (χ3v) is 3.66. The molecule has 1 amide bonds. The minimum absolute atomic E-state index is 0.0595. The molecule has 1 aromatic carbocycles. The van der Waals surface area contributed by atoms with Gasteiger partial charge in [-0.25, -0.2) is 0 Å². The van der Waals surface area contributed by atoms with Crippen molar-refractivity contribution in [2.45, 2.75) is 37.7 Å². The molecule has 0 saturated carbocycles. The summed E-state index contributed by atoms with van der Waals surface area (Å²) >= 11 is 0. The zero-order valence-corrected chi connectivity index (χ0v) is 14.5. The fourth-order valence-corrected chi connectivity index (χ4v) is 2.42. The van der Waals surface area contributed by atoms with Crippen LogP contribution < -0.4 is 20.1 Å². The topological polar surface area (TPSA) is 59.6 Å². The van der Waals surface area contributed by atoms with Gasteiger partial charge in [-0.15, -0.1) is 0 Å². The van der Waals surface area contributed by atoms with E-state index >= 15 is 0 Å². The van der Waals surface area contributed by atoms with Gasteiger partial charge in [0.25, 0.3) is 5.91 Å². The highest BCUT2D eigenvalue weighted by atomic mass is 19.4. The van der Waals surface area contributed by atoms with E-state index in [1.165, 1.54) is 0 Å². The molecule has 28 heavy (non-hydrogen) atoms. The Kier molecular flexibility index (Phi) is 5.98. The van der Waals surface area contributed by atoms with Crippen LogP contribution in [-0.4, -0.2) is 50.6 Å². The van der Waals surface area contributed by atoms with Crippen molar-refractivity contribution in [3.05, 3.63) is 23.7 Å². The van der Waals surface area contributed by atoms with Gasteiger partial charge in [-0.2, -0.15) is 26.3 Å². The molecule has 158 valence electrons. The van der Waals surface area contributed by atoms with Gasteiger partial charge in [0.2, 0.25) is 0 Å². The Morgan fingerprint density at radius 1 is 1.14 bits per heavy atom. The number of carbonyl (C=O) groups is 1. The summed E-state index contributed by atoms with van der Waals surface area (Å²) in [4.78, 5) is 12.6. The van der Waals surface area contributed by atoms with E-state index in [2.05, 4.69) is 20.1 Å². The molecule has 1 aliphatic rings. The Bertz CT molecular complexity index is 799. The Morgan fingerprint density at radius 3 is 2.43 bits per heavy atom. The molecule has 0 aliphatic carbocycles. The van der Waals surface area contributed by atoms with Gasteiger partial charge >= 0.3 is 12.4 Å². The number of ether oxygens (including phenoxy) is 2. The van der Waals surface area contributed by atoms with Crippen molar-refractivity contribution in [2.75, 3.05) is 26.3 Å². The van der Waals surface area contributed by atoms with Crippen molar-refractivity contribution >= 4 is 5.91 Å². The quantitative estimate of drug-likeness (QED) is 0.668. The molecule has 1 saturated heterocycles. The monoisotopic (exact) mass is 417 g/mol. The fraction of sp³-hybridized carbons (Fsp3) is 0.588. The Hall–Kier alpha value is -2.17. The maximum atomic E-state index is 12.6. The summed E-state index contributed by atoms with van der Waals surface area (Å²) in [5.41, 5.74) is -0.852. The van der Waals surface area contributed by atoms with Crippen LogP contribution in [0.2, 0.25) is 0 Å². The zero-order chi connectivity index (χ0) is 23.4. The number of alkyl halides is 6. The summed E-state index contributed by atoms with van der Waals surface area (Å²) in [6.45, 7) is -3.13. The summed E-state index contributed by atoms with van der Waals surface area (Å²) in [6, 6.07) is -3.34. The summed E-state index contributed by atoms with van der Waals surface area (Å²) in [5.74, 6) is -3.27. The molecule has 5 nitrogen and oxygen atoms in total. The number of piperidine rings is 1. The van der Waals surface area contributed by atoms with E-state index in [4.69, 9.17) is 4.11 Å². The molecule has 1 aromatic rings. The number of halogens is 6. The predicted octanol–water partition coefficient (Wildman–Crippen LogP) is 3.44. The Labute approximate surface area is 161 Å². The van der Waals surface area contributed by atoms with Crippen molar-refractivity contribution in [1.82, 2.24) is 10.6 Å². The van der Waals surface area contributed by atoms with Crippen LogP contribution in [0.25, 0.3) is 0 Å². The maximum Gasteiger partial charge on any atom is 0.422 e. The Balaban J connectivity index is 2.37. The Morgan fingerprint density at radius 2 is 1.82 bits per heavy atom. The number of hydrogen-bond acceptors (Lipinski definition) is 4. The molecule has 2 N–H and O–H groups in total. The lowest BCUT2D eigenvalue weighted by atomic mass is 10.0. The van der Waals surface area contributed by atoms with Gasteiger partial charge in [0.05, 0.1) is 9.68 Å².